The van der Waals surface area contributed by atoms with Gasteiger partial charge in [-0.2, -0.15) is 0 Å². The highest BCUT2D eigenvalue weighted by Gasteiger charge is 2.07. The SMILES string of the molecule is Cc1cc(F)cc(C(=O)NCc2ccc(C(N)=S)cc2)c1. The van der Waals surface area contributed by atoms with E-state index in [2.05, 4.69) is 5.32 Å². The summed E-state index contributed by atoms with van der Waals surface area (Å²) in [5, 5.41) is 2.75. The Bertz CT molecular complexity index is 663. The van der Waals surface area contributed by atoms with Crippen molar-refractivity contribution >= 4 is 23.1 Å². The van der Waals surface area contributed by atoms with Gasteiger partial charge in [0.25, 0.3) is 5.91 Å². The summed E-state index contributed by atoms with van der Waals surface area (Å²) in [4.78, 5) is 12.3. The monoisotopic (exact) mass is 302 g/mol. The van der Waals surface area contributed by atoms with E-state index < -0.39 is 5.82 Å². The van der Waals surface area contributed by atoms with E-state index >= 15 is 0 Å². The minimum Gasteiger partial charge on any atom is -0.389 e. The van der Waals surface area contributed by atoms with E-state index in [1.165, 1.54) is 12.1 Å². The maximum Gasteiger partial charge on any atom is 0.251 e. The molecule has 0 spiro atoms. The van der Waals surface area contributed by atoms with Gasteiger partial charge in [-0.15, -0.1) is 0 Å². The Morgan fingerprint density at radius 2 is 1.86 bits per heavy atom. The lowest BCUT2D eigenvalue weighted by molar-refractivity contribution is 0.0950. The summed E-state index contributed by atoms with van der Waals surface area (Å²) in [5.74, 6) is -0.725. The van der Waals surface area contributed by atoms with Gasteiger partial charge < -0.3 is 11.1 Å². The Balaban J connectivity index is 2.02. The molecule has 2 aromatic carbocycles. The molecule has 0 heterocycles. The molecular weight excluding hydrogens is 287 g/mol. The molecule has 2 aromatic rings. The molecule has 0 aliphatic carbocycles. The number of nitrogens with one attached hydrogen (secondary N) is 1. The van der Waals surface area contributed by atoms with Crippen LogP contribution in [0.2, 0.25) is 0 Å². The molecule has 1 amide bonds. The van der Waals surface area contributed by atoms with Crippen LogP contribution in [0.3, 0.4) is 0 Å². The van der Waals surface area contributed by atoms with Crippen LogP contribution < -0.4 is 11.1 Å². The van der Waals surface area contributed by atoms with Crippen molar-refractivity contribution in [2.45, 2.75) is 13.5 Å². The van der Waals surface area contributed by atoms with Crippen LogP contribution in [0, 0.1) is 12.7 Å². The van der Waals surface area contributed by atoms with Gasteiger partial charge in [-0.1, -0.05) is 36.5 Å². The van der Waals surface area contributed by atoms with E-state index in [9.17, 15) is 9.18 Å². The fourth-order valence-corrected chi connectivity index (χ4v) is 2.07. The number of rotatable bonds is 4. The highest BCUT2D eigenvalue weighted by molar-refractivity contribution is 7.80. The molecule has 108 valence electrons. The maximum atomic E-state index is 13.3. The number of benzene rings is 2. The summed E-state index contributed by atoms with van der Waals surface area (Å²) in [6.07, 6.45) is 0. The second-order valence-electron chi connectivity index (χ2n) is 4.76. The minimum absolute atomic E-state index is 0.309. The van der Waals surface area contributed by atoms with Crippen LogP contribution in [0.4, 0.5) is 4.39 Å². The van der Waals surface area contributed by atoms with Gasteiger partial charge in [-0.25, -0.2) is 4.39 Å². The average molecular weight is 302 g/mol. The van der Waals surface area contributed by atoms with Crippen molar-refractivity contribution in [1.82, 2.24) is 5.32 Å². The third kappa shape index (κ3) is 4.10. The Hall–Kier alpha value is -2.27. The van der Waals surface area contributed by atoms with Crippen LogP contribution in [0.5, 0.6) is 0 Å². The first-order chi connectivity index (χ1) is 9.95. The topological polar surface area (TPSA) is 55.1 Å². The van der Waals surface area contributed by atoms with Crippen LogP contribution in [0.25, 0.3) is 0 Å². The van der Waals surface area contributed by atoms with E-state index in [4.69, 9.17) is 18.0 Å². The summed E-state index contributed by atoms with van der Waals surface area (Å²) in [6, 6.07) is 11.5. The fourth-order valence-electron chi connectivity index (χ4n) is 1.94. The first-order valence-electron chi connectivity index (χ1n) is 6.40. The molecular formula is C16H15FN2OS. The highest BCUT2D eigenvalue weighted by Crippen LogP contribution is 2.09. The van der Waals surface area contributed by atoms with Crippen molar-refractivity contribution < 1.29 is 9.18 Å². The van der Waals surface area contributed by atoms with Gasteiger partial charge in [0.15, 0.2) is 0 Å². The molecule has 5 heteroatoms. The molecule has 3 N–H and O–H groups in total. The van der Waals surface area contributed by atoms with Crippen molar-refractivity contribution in [2.75, 3.05) is 0 Å². The third-order valence-corrected chi connectivity index (χ3v) is 3.23. The zero-order chi connectivity index (χ0) is 15.4. The van der Waals surface area contributed by atoms with Crippen molar-refractivity contribution in [2.24, 2.45) is 5.73 Å². The minimum atomic E-state index is -0.416. The van der Waals surface area contributed by atoms with Crippen LogP contribution in [-0.4, -0.2) is 10.9 Å². The molecule has 0 fully saturated rings. The summed E-state index contributed by atoms with van der Waals surface area (Å²) in [5.41, 5.74) is 8.23. The standard InChI is InChI=1S/C16H15FN2OS/c1-10-6-13(8-14(17)7-10)16(20)19-9-11-2-4-12(5-3-11)15(18)21/h2-8H,9H2,1H3,(H2,18,21)(H,19,20). The normalized spacial score (nSPS) is 10.2. The number of thiocarbonyl (C=S) groups is 1. The molecule has 2 rings (SSSR count). The smallest absolute Gasteiger partial charge is 0.251 e. The van der Waals surface area contributed by atoms with Crippen LogP contribution in [0.15, 0.2) is 42.5 Å². The van der Waals surface area contributed by atoms with Crippen LogP contribution in [-0.2, 0) is 6.54 Å². The summed E-state index contributed by atoms with van der Waals surface area (Å²) < 4.78 is 13.3. The number of aryl methyl sites for hydroxylation is 1. The zero-order valence-electron chi connectivity index (χ0n) is 11.5. The largest absolute Gasteiger partial charge is 0.389 e. The van der Waals surface area contributed by atoms with Gasteiger partial charge in [0, 0.05) is 17.7 Å². The van der Waals surface area contributed by atoms with E-state index in [0.717, 1.165) is 11.1 Å². The van der Waals surface area contributed by atoms with Gasteiger partial charge in [0.2, 0.25) is 0 Å². The van der Waals surface area contributed by atoms with Gasteiger partial charge in [0.05, 0.1) is 0 Å². The number of halogens is 1. The second-order valence-corrected chi connectivity index (χ2v) is 5.20. The molecule has 0 aromatic heterocycles. The van der Waals surface area contributed by atoms with Gasteiger partial charge >= 0.3 is 0 Å². The summed E-state index contributed by atoms with van der Waals surface area (Å²) in [6.45, 7) is 2.10. The van der Waals surface area contributed by atoms with Crippen LogP contribution >= 0.6 is 12.2 Å². The number of carbonyl (C=O) groups excluding carboxylic acids is 1. The van der Waals surface area contributed by atoms with Crippen molar-refractivity contribution in [3.05, 3.63) is 70.5 Å². The summed E-state index contributed by atoms with van der Waals surface area (Å²) in [7, 11) is 0. The lowest BCUT2D eigenvalue weighted by atomic mass is 10.1. The van der Waals surface area contributed by atoms with Gasteiger partial charge in [-0.05, 0) is 36.2 Å². The highest BCUT2D eigenvalue weighted by atomic mass is 32.1. The predicted molar refractivity (Wildman–Crippen MR) is 84.6 cm³/mol. The number of carbonyl (C=O) groups is 1. The molecule has 0 saturated carbocycles. The Labute approximate surface area is 128 Å². The molecule has 0 unspecified atom stereocenters. The van der Waals surface area contributed by atoms with Gasteiger partial charge in [-0.3, -0.25) is 4.79 Å². The molecule has 0 radical (unpaired) electrons. The Morgan fingerprint density at radius 3 is 2.43 bits per heavy atom. The van der Waals surface area contributed by atoms with E-state index in [-0.39, 0.29) is 5.91 Å². The maximum absolute atomic E-state index is 13.3. The van der Waals surface area contributed by atoms with Crippen molar-refractivity contribution in [1.29, 1.82) is 0 Å². The fraction of sp³-hybridized carbons (Fsp3) is 0.125. The summed E-state index contributed by atoms with van der Waals surface area (Å²) >= 11 is 4.87. The zero-order valence-corrected chi connectivity index (χ0v) is 12.3. The van der Waals surface area contributed by atoms with E-state index in [0.29, 0.717) is 22.7 Å². The molecule has 3 nitrogen and oxygen atoms in total. The lowest BCUT2D eigenvalue weighted by Gasteiger charge is -2.07. The molecule has 0 bridgehead atoms. The molecule has 21 heavy (non-hydrogen) atoms. The average Bonchev–Trinajstić information content (AvgIpc) is 2.44. The van der Waals surface area contributed by atoms with E-state index in [1.54, 1.807) is 25.1 Å². The number of hydrogen-bond donors (Lipinski definition) is 2. The van der Waals surface area contributed by atoms with E-state index in [1.807, 2.05) is 12.1 Å². The third-order valence-electron chi connectivity index (χ3n) is 3.00. The van der Waals surface area contributed by atoms with Crippen molar-refractivity contribution in [3.63, 3.8) is 0 Å². The van der Waals surface area contributed by atoms with Crippen molar-refractivity contribution in [3.8, 4) is 0 Å². The van der Waals surface area contributed by atoms with Gasteiger partial charge in [0.1, 0.15) is 10.8 Å². The second kappa shape index (κ2) is 6.45. The molecule has 0 atom stereocenters. The molecule has 0 aliphatic heterocycles. The predicted octanol–water partition coefficient (Wildman–Crippen LogP) is 2.70. The molecule has 0 aliphatic rings. The number of nitrogens with two attached hydrogens (primary N) is 1. The lowest BCUT2D eigenvalue weighted by Crippen LogP contribution is -2.23. The Kier molecular flexibility index (Phi) is 4.65. The molecule has 0 saturated heterocycles. The first kappa shape index (κ1) is 15.1. The number of hydrogen-bond acceptors (Lipinski definition) is 2. The Morgan fingerprint density at radius 1 is 1.19 bits per heavy atom. The quantitative estimate of drug-likeness (QED) is 0.854. The van der Waals surface area contributed by atoms with Crippen LogP contribution in [0.1, 0.15) is 27.0 Å². The number of amides is 1. The first-order valence-corrected chi connectivity index (χ1v) is 6.80.